The van der Waals surface area contributed by atoms with Crippen LogP contribution in [-0.4, -0.2) is 27.6 Å². The first-order chi connectivity index (χ1) is 29.1. The maximum atomic E-state index is 14.3. The number of nitrogens with one attached hydrogen (secondary N) is 1. The SMILES string of the molecule is CC[Si](Cl)(CC)c1ccc([B-](c2cc(C(F)(F)F)cc(C(F)(F)F)c2)(c2cc(C(F)(F)F)cc(C(F)(F)F)c2)c2cc(C(F)(F)F)cc(C(F)(F)F)c2)cc1.C[NH+](C)c1ccccc1. The molecule has 0 radical (unpaired) electrons. The lowest BCUT2D eigenvalue weighted by Crippen LogP contribution is -3.00. The van der Waals surface area contributed by atoms with E-state index in [1.807, 2.05) is 6.07 Å². The summed E-state index contributed by atoms with van der Waals surface area (Å²) in [4.78, 5) is 1.37. The van der Waals surface area contributed by atoms with Gasteiger partial charge in [-0.2, -0.15) is 112 Å². The summed E-state index contributed by atoms with van der Waals surface area (Å²) in [6, 6.07) is 12.2. The third kappa shape index (κ3) is 11.6. The molecule has 1 N–H and O–H groups in total. The van der Waals surface area contributed by atoms with Crippen molar-refractivity contribution in [1.82, 2.24) is 0 Å². The number of hydrogen-bond donors (Lipinski definition) is 1. The molecule has 348 valence electrons. The molecular weight excluding hydrogens is 935 g/mol. The first-order valence-electron chi connectivity index (χ1n) is 18.8. The summed E-state index contributed by atoms with van der Waals surface area (Å²) in [6.45, 7) is 3.27. The zero-order valence-corrected chi connectivity index (χ0v) is 35.3. The second-order valence-corrected chi connectivity index (χ2v) is 21.1. The molecule has 0 aliphatic carbocycles. The average molecular weight is 970 g/mol. The largest absolute Gasteiger partial charge is 0.416 e. The van der Waals surface area contributed by atoms with E-state index in [4.69, 9.17) is 11.1 Å². The minimum absolute atomic E-state index is 0.164. The molecule has 64 heavy (non-hydrogen) atoms. The number of benzene rings is 5. The topological polar surface area (TPSA) is 4.44 Å². The third-order valence-electron chi connectivity index (χ3n) is 10.7. The first-order valence-corrected chi connectivity index (χ1v) is 22.2. The van der Waals surface area contributed by atoms with Crippen LogP contribution in [0.4, 0.5) is 84.7 Å². The Labute approximate surface area is 360 Å². The molecule has 0 unspecified atom stereocenters. The van der Waals surface area contributed by atoms with Crippen LogP contribution in [0, 0.1) is 0 Å². The van der Waals surface area contributed by atoms with E-state index in [0.29, 0.717) is 0 Å². The van der Waals surface area contributed by atoms with Gasteiger partial charge in [0.25, 0.3) is 0 Å². The molecule has 0 heterocycles. The number of rotatable bonds is 8. The van der Waals surface area contributed by atoms with Gasteiger partial charge in [-0.25, -0.2) is 0 Å². The highest BCUT2D eigenvalue weighted by Gasteiger charge is 2.45. The smallest absolute Gasteiger partial charge is 0.307 e. The number of hydrogen-bond acceptors (Lipinski definition) is 0. The normalized spacial score (nSPS) is 13.5. The molecule has 0 bridgehead atoms. The van der Waals surface area contributed by atoms with E-state index in [9.17, 15) is 79.0 Å². The van der Waals surface area contributed by atoms with Crippen molar-refractivity contribution >= 4 is 57.3 Å². The maximum absolute atomic E-state index is 14.3. The van der Waals surface area contributed by atoms with Crippen molar-refractivity contribution in [2.45, 2.75) is 63.0 Å². The second kappa shape index (κ2) is 18.3. The predicted molar refractivity (Wildman–Crippen MR) is 211 cm³/mol. The number of alkyl halides is 18. The predicted octanol–water partition coefficient (Wildman–Crippen LogP) is 11.1. The zero-order chi connectivity index (χ0) is 48.6. The summed E-state index contributed by atoms with van der Waals surface area (Å²) >= 11 is 6.77. The number of para-hydroxylation sites is 1. The molecule has 1 nitrogen and oxygen atoms in total. The highest BCUT2D eigenvalue weighted by Crippen LogP contribution is 2.39. The Hall–Kier alpha value is -4.63. The van der Waals surface area contributed by atoms with Crippen molar-refractivity contribution in [3.8, 4) is 0 Å². The van der Waals surface area contributed by atoms with E-state index in [1.54, 1.807) is 13.8 Å². The number of quaternary nitrogens is 1. The lowest BCUT2D eigenvalue weighted by Gasteiger charge is -2.46. The van der Waals surface area contributed by atoms with Crippen LogP contribution < -0.4 is 31.9 Å². The molecule has 0 atom stereocenters. The van der Waals surface area contributed by atoms with Gasteiger partial charge in [0.1, 0.15) is 11.8 Å². The van der Waals surface area contributed by atoms with Gasteiger partial charge in [0.15, 0.2) is 7.38 Å². The van der Waals surface area contributed by atoms with Crippen LogP contribution in [0.1, 0.15) is 47.2 Å². The minimum atomic E-state index is -5.76. The monoisotopic (exact) mass is 969 g/mol. The zero-order valence-electron chi connectivity index (χ0n) is 33.6. The molecule has 22 heteroatoms. The summed E-state index contributed by atoms with van der Waals surface area (Å²) < 4.78 is 258. The van der Waals surface area contributed by atoms with Crippen LogP contribution in [0.3, 0.4) is 0 Å². The minimum Gasteiger partial charge on any atom is -0.307 e. The van der Waals surface area contributed by atoms with Crippen molar-refractivity contribution < 1.29 is 83.9 Å². The van der Waals surface area contributed by atoms with Crippen LogP contribution in [-0.2, 0) is 37.1 Å². The standard InChI is InChI=1S/C34H23BClF18Si.C8H11N/c1-3-55(36,4-2)28-7-5-24(6-8-28)35(25-12-18(29(37,38)39)9-19(13-25)30(40,41)42,26-14-20(31(43,44)45)10-21(15-26)32(46,47)48)27-16-22(33(49,50)51)11-23(17-27)34(52,53)54;1-9(2)8-6-4-3-5-7-8/h5-17H,3-4H2,1-2H3;3-7H,1-2H3/q-1;/p+1. The maximum Gasteiger partial charge on any atom is 0.416 e. The van der Waals surface area contributed by atoms with Gasteiger partial charge in [0.05, 0.1) is 47.5 Å². The fourth-order valence-electron chi connectivity index (χ4n) is 7.34. The van der Waals surface area contributed by atoms with E-state index >= 15 is 0 Å². The molecule has 5 aromatic carbocycles. The number of halogens is 19. The Morgan fingerprint density at radius 3 is 0.875 bits per heavy atom. The lowest BCUT2D eigenvalue weighted by atomic mass is 9.12. The van der Waals surface area contributed by atoms with Crippen molar-refractivity contribution in [2.75, 3.05) is 14.1 Å². The molecular formula is C42H35BClF18NSi. The van der Waals surface area contributed by atoms with Gasteiger partial charge >= 0.3 is 37.1 Å². The highest BCUT2D eigenvalue weighted by atomic mass is 35.6. The summed E-state index contributed by atoms with van der Waals surface area (Å²) in [5.74, 6) is 0. The molecule has 0 aliphatic heterocycles. The molecule has 0 saturated carbocycles. The second-order valence-electron chi connectivity index (χ2n) is 15.0. The average Bonchev–Trinajstić information content (AvgIpc) is 3.19. The lowest BCUT2D eigenvalue weighted by molar-refractivity contribution is -0.786. The Bertz CT molecular complexity index is 2100. The molecule has 0 amide bonds. The van der Waals surface area contributed by atoms with Crippen LogP contribution in [0.15, 0.2) is 109 Å². The van der Waals surface area contributed by atoms with Gasteiger partial charge in [0.2, 0.25) is 0 Å². The van der Waals surface area contributed by atoms with Crippen molar-refractivity contribution in [1.29, 1.82) is 0 Å². The van der Waals surface area contributed by atoms with Crippen LogP contribution in [0.2, 0.25) is 12.1 Å². The quantitative estimate of drug-likeness (QED) is 0.0898. The van der Waals surface area contributed by atoms with E-state index in [2.05, 4.69) is 38.4 Å². The highest BCUT2D eigenvalue weighted by molar-refractivity contribution is 7.27. The molecule has 0 spiro atoms. The summed E-state index contributed by atoms with van der Waals surface area (Å²) in [6.07, 6.45) is -39.3. The summed E-state index contributed by atoms with van der Waals surface area (Å²) in [5.41, 5.74) is -17.4. The van der Waals surface area contributed by atoms with Crippen LogP contribution in [0.25, 0.3) is 0 Å². The third-order valence-corrected chi connectivity index (χ3v) is 16.6. The van der Waals surface area contributed by atoms with Gasteiger partial charge in [0, 0.05) is 0 Å². The summed E-state index contributed by atoms with van der Waals surface area (Å²) in [7, 11) is 1.23. The molecule has 5 aromatic rings. The Morgan fingerprint density at radius 2 is 0.672 bits per heavy atom. The fraction of sp³-hybridized carbons (Fsp3) is 0.286. The molecule has 0 aromatic heterocycles. The van der Waals surface area contributed by atoms with E-state index in [0.717, 1.165) is 24.3 Å². The van der Waals surface area contributed by atoms with Gasteiger partial charge in [-0.15, -0.1) is 0 Å². The first kappa shape index (κ1) is 52.0. The van der Waals surface area contributed by atoms with Crippen molar-refractivity contribution in [3.63, 3.8) is 0 Å². The van der Waals surface area contributed by atoms with Gasteiger partial charge < -0.3 is 4.90 Å². The van der Waals surface area contributed by atoms with Gasteiger partial charge in [-0.3, -0.25) is 0 Å². The Kier molecular flexibility index (Phi) is 14.9. The molecule has 5 rings (SSSR count). The van der Waals surface area contributed by atoms with Crippen molar-refractivity contribution in [2.24, 2.45) is 0 Å². The Morgan fingerprint density at radius 1 is 0.406 bits per heavy atom. The molecule has 0 saturated heterocycles. The van der Waals surface area contributed by atoms with Crippen LogP contribution >= 0.6 is 11.1 Å². The molecule has 0 aliphatic rings. The van der Waals surface area contributed by atoms with Gasteiger partial charge in [-0.1, -0.05) is 92.7 Å². The summed E-state index contributed by atoms with van der Waals surface area (Å²) in [5, 5.41) is 0.257. The fourth-order valence-corrected chi connectivity index (χ4v) is 9.80. The Balaban J connectivity index is 0.000000885. The molecule has 0 fully saturated rings. The van der Waals surface area contributed by atoms with E-state index in [-0.39, 0.29) is 53.7 Å². The van der Waals surface area contributed by atoms with Crippen molar-refractivity contribution in [3.05, 3.63) is 143 Å². The van der Waals surface area contributed by atoms with E-state index < -0.39 is 124 Å². The van der Waals surface area contributed by atoms with E-state index in [1.165, 1.54) is 10.6 Å². The van der Waals surface area contributed by atoms with Gasteiger partial charge in [-0.05, 0) is 47.6 Å². The van der Waals surface area contributed by atoms with Crippen LogP contribution in [0.5, 0.6) is 0 Å².